The highest BCUT2D eigenvalue weighted by atomic mass is 14.5. The molecule has 0 heterocycles. The van der Waals surface area contributed by atoms with Crippen LogP contribution in [0, 0.1) is 0 Å². The van der Waals surface area contributed by atoms with Gasteiger partial charge in [-0.2, -0.15) is 0 Å². The van der Waals surface area contributed by atoms with E-state index >= 15 is 0 Å². The Bertz CT molecular complexity index is 94.6. The van der Waals surface area contributed by atoms with Gasteiger partial charge in [-0.05, 0) is 25.7 Å². The monoisotopic (exact) mass is 111 g/mol. The highest BCUT2D eigenvalue weighted by molar-refractivity contribution is 5.05. The Kier molecular flexibility index (Phi) is 2.10. The molecule has 46 valence electrons. The van der Waals surface area contributed by atoms with E-state index in [-0.39, 0.29) is 0 Å². The van der Waals surface area contributed by atoms with Crippen molar-refractivity contribution in [3.8, 4) is 0 Å². The highest BCUT2D eigenvalue weighted by Crippen LogP contribution is 2.15. The van der Waals surface area contributed by atoms with Crippen LogP contribution in [0.25, 0.3) is 0 Å². The van der Waals surface area contributed by atoms with Crippen molar-refractivity contribution >= 4 is 0 Å². The van der Waals surface area contributed by atoms with Gasteiger partial charge in [-0.1, -0.05) is 11.6 Å². The van der Waals surface area contributed by atoms with Crippen LogP contribution in [-0.2, 0) is 0 Å². The second-order valence-corrected chi connectivity index (χ2v) is 2.31. The van der Waals surface area contributed by atoms with E-state index in [4.69, 9.17) is 5.73 Å². The molecule has 0 saturated carbocycles. The maximum atomic E-state index is 5.43. The van der Waals surface area contributed by atoms with E-state index < -0.39 is 0 Å². The fraction of sp³-hybridized carbons (Fsp3) is 0.714. The third-order valence-electron chi connectivity index (χ3n) is 1.65. The molecule has 1 aliphatic carbocycles. The molecular weight excluding hydrogens is 98.1 g/mol. The molecule has 0 bridgehead atoms. The summed E-state index contributed by atoms with van der Waals surface area (Å²) < 4.78 is 0. The van der Waals surface area contributed by atoms with Crippen molar-refractivity contribution in [2.45, 2.75) is 25.7 Å². The first-order valence-corrected chi connectivity index (χ1v) is 3.31. The zero-order valence-corrected chi connectivity index (χ0v) is 5.19. The Balaban J connectivity index is 2.37. The van der Waals surface area contributed by atoms with Gasteiger partial charge in [0, 0.05) is 6.54 Å². The van der Waals surface area contributed by atoms with Gasteiger partial charge >= 0.3 is 0 Å². The second-order valence-electron chi connectivity index (χ2n) is 2.31. The molecule has 0 aromatic heterocycles. The summed E-state index contributed by atoms with van der Waals surface area (Å²) in [5.41, 5.74) is 6.89. The molecule has 0 aromatic rings. The lowest BCUT2D eigenvalue weighted by Crippen LogP contribution is -2.05. The zero-order chi connectivity index (χ0) is 5.82. The van der Waals surface area contributed by atoms with Crippen LogP contribution in [0.15, 0.2) is 11.6 Å². The fourth-order valence-electron chi connectivity index (χ4n) is 1.09. The molecule has 0 amide bonds. The van der Waals surface area contributed by atoms with E-state index in [2.05, 4.69) is 6.08 Å². The number of rotatable bonds is 1. The fourth-order valence-corrected chi connectivity index (χ4v) is 1.09. The van der Waals surface area contributed by atoms with Gasteiger partial charge in [0.1, 0.15) is 0 Å². The van der Waals surface area contributed by atoms with E-state index in [1.165, 1.54) is 31.3 Å². The number of nitrogens with two attached hydrogens (primary N) is 1. The normalized spacial score (nSPS) is 20.4. The molecule has 1 aliphatic rings. The summed E-state index contributed by atoms with van der Waals surface area (Å²) in [7, 11) is 0. The maximum absolute atomic E-state index is 5.43. The Morgan fingerprint density at radius 3 is 2.75 bits per heavy atom. The summed E-state index contributed by atoms with van der Waals surface area (Å²) in [5.74, 6) is 0. The molecule has 0 unspecified atom stereocenters. The molecule has 1 nitrogen and oxygen atoms in total. The van der Waals surface area contributed by atoms with Gasteiger partial charge in [0.2, 0.25) is 0 Å². The highest BCUT2D eigenvalue weighted by Gasteiger charge is 1.99. The SMILES string of the molecule is NCC1=CCCCC1. The minimum Gasteiger partial charge on any atom is -0.327 e. The summed E-state index contributed by atoms with van der Waals surface area (Å²) >= 11 is 0. The zero-order valence-electron chi connectivity index (χ0n) is 5.19. The largest absolute Gasteiger partial charge is 0.327 e. The Morgan fingerprint density at radius 1 is 1.50 bits per heavy atom. The number of allylic oxidation sites excluding steroid dienone is 1. The van der Waals surface area contributed by atoms with Crippen molar-refractivity contribution in [1.29, 1.82) is 0 Å². The predicted molar refractivity (Wildman–Crippen MR) is 35.6 cm³/mol. The lowest BCUT2D eigenvalue weighted by molar-refractivity contribution is 0.691. The van der Waals surface area contributed by atoms with Gasteiger partial charge in [0.05, 0.1) is 0 Å². The summed E-state index contributed by atoms with van der Waals surface area (Å²) in [6.07, 6.45) is 7.50. The Morgan fingerprint density at radius 2 is 2.38 bits per heavy atom. The van der Waals surface area contributed by atoms with E-state index in [9.17, 15) is 0 Å². The summed E-state index contributed by atoms with van der Waals surface area (Å²) in [6, 6.07) is 0. The van der Waals surface area contributed by atoms with E-state index in [0.717, 1.165) is 6.54 Å². The maximum Gasteiger partial charge on any atom is 0.0136 e. The molecule has 1 heteroatoms. The standard InChI is InChI=1S/C7H13N/c8-6-7-4-2-1-3-5-7/h4H,1-3,5-6,8H2. The predicted octanol–water partition coefficient (Wildman–Crippen LogP) is 1.45. The lowest BCUT2D eigenvalue weighted by Gasteiger charge is -2.08. The summed E-state index contributed by atoms with van der Waals surface area (Å²) in [6.45, 7) is 0.778. The summed E-state index contributed by atoms with van der Waals surface area (Å²) in [5, 5.41) is 0. The van der Waals surface area contributed by atoms with Crippen molar-refractivity contribution in [1.82, 2.24) is 0 Å². The first kappa shape index (κ1) is 5.83. The van der Waals surface area contributed by atoms with Crippen LogP contribution in [-0.4, -0.2) is 6.54 Å². The lowest BCUT2D eigenvalue weighted by atomic mass is 10.0. The van der Waals surface area contributed by atoms with Crippen molar-refractivity contribution in [3.05, 3.63) is 11.6 Å². The third-order valence-corrected chi connectivity index (χ3v) is 1.65. The van der Waals surface area contributed by atoms with Crippen molar-refractivity contribution in [3.63, 3.8) is 0 Å². The molecule has 0 atom stereocenters. The van der Waals surface area contributed by atoms with Gasteiger partial charge in [0.25, 0.3) is 0 Å². The van der Waals surface area contributed by atoms with Gasteiger partial charge < -0.3 is 5.73 Å². The molecule has 0 radical (unpaired) electrons. The molecule has 8 heavy (non-hydrogen) atoms. The second kappa shape index (κ2) is 2.88. The van der Waals surface area contributed by atoms with Gasteiger partial charge in [-0.15, -0.1) is 0 Å². The first-order chi connectivity index (χ1) is 3.93. The van der Waals surface area contributed by atoms with Crippen LogP contribution in [0.5, 0.6) is 0 Å². The Hall–Kier alpha value is -0.300. The average molecular weight is 111 g/mol. The van der Waals surface area contributed by atoms with Crippen LogP contribution in [0.3, 0.4) is 0 Å². The van der Waals surface area contributed by atoms with E-state index in [1.807, 2.05) is 0 Å². The van der Waals surface area contributed by atoms with Crippen LogP contribution >= 0.6 is 0 Å². The van der Waals surface area contributed by atoms with Crippen molar-refractivity contribution in [2.24, 2.45) is 5.73 Å². The van der Waals surface area contributed by atoms with Crippen LogP contribution in [0.4, 0.5) is 0 Å². The van der Waals surface area contributed by atoms with E-state index in [1.54, 1.807) is 0 Å². The van der Waals surface area contributed by atoms with Gasteiger partial charge in [0.15, 0.2) is 0 Å². The molecule has 0 fully saturated rings. The average Bonchev–Trinajstić information content (AvgIpc) is 1.90. The minimum atomic E-state index is 0.778. The quantitative estimate of drug-likeness (QED) is 0.509. The smallest absolute Gasteiger partial charge is 0.0136 e. The molecule has 0 aliphatic heterocycles. The third kappa shape index (κ3) is 1.34. The molecule has 0 aromatic carbocycles. The van der Waals surface area contributed by atoms with Crippen LogP contribution in [0.2, 0.25) is 0 Å². The number of hydrogen-bond acceptors (Lipinski definition) is 1. The Labute approximate surface area is 50.6 Å². The van der Waals surface area contributed by atoms with Crippen LogP contribution in [0.1, 0.15) is 25.7 Å². The van der Waals surface area contributed by atoms with E-state index in [0.29, 0.717) is 0 Å². The molecule has 2 N–H and O–H groups in total. The number of hydrogen-bond donors (Lipinski definition) is 1. The topological polar surface area (TPSA) is 26.0 Å². The van der Waals surface area contributed by atoms with Gasteiger partial charge in [-0.25, -0.2) is 0 Å². The first-order valence-electron chi connectivity index (χ1n) is 3.31. The molecule has 0 saturated heterocycles. The molecule has 1 rings (SSSR count). The van der Waals surface area contributed by atoms with Gasteiger partial charge in [-0.3, -0.25) is 0 Å². The minimum absolute atomic E-state index is 0.778. The molecule has 0 spiro atoms. The molecular formula is C7H13N. The van der Waals surface area contributed by atoms with Crippen molar-refractivity contribution < 1.29 is 0 Å². The summed E-state index contributed by atoms with van der Waals surface area (Å²) in [4.78, 5) is 0. The van der Waals surface area contributed by atoms with Crippen molar-refractivity contribution in [2.75, 3.05) is 6.54 Å². The van der Waals surface area contributed by atoms with Crippen LogP contribution < -0.4 is 5.73 Å².